The summed E-state index contributed by atoms with van der Waals surface area (Å²) in [5, 5.41) is 0. The highest BCUT2D eigenvalue weighted by atomic mass is 16.2. The van der Waals surface area contributed by atoms with Crippen LogP contribution in [0.25, 0.3) is 0 Å². The summed E-state index contributed by atoms with van der Waals surface area (Å²) in [6, 6.07) is 0. The van der Waals surface area contributed by atoms with Gasteiger partial charge >= 0.3 is 0 Å². The van der Waals surface area contributed by atoms with Gasteiger partial charge in [0.25, 0.3) is 0 Å². The summed E-state index contributed by atoms with van der Waals surface area (Å²) in [5.74, 6) is 1.01. The monoisotopic (exact) mass is 295 g/mol. The van der Waals surface area contributed by atoms with Gasteiger partial charge in [0.2, 0.25) is 5.91 Å². The van der Waals surface area contributed by atoms with E-state index in [2.05, 4.69) is 30.6 Å². The van der Waals surface area contributed by atoms with E-state index in [4.69, 9.17) is 5.73 Å². The number of nitrogens with zero attached hydrogens (tertiary/aromatic N) is 2. The van der Waals surface area contributed by atoms with Crippen LogP contribution in [0.1, 0.15) is 46.5 Å². The van der Waals surface area contributed by atoms with Crippen molar-refractivity contribution in [1.82, 2.24) is 9.80 Å². The molecule has 2 aliphatic rings. The maximum atomic E-state index is 12.6. The fourth-order valence-electron chi connectivity index (χ4n) is 3.56. The first-order valence-electron chi connectivity index (χ1n) is 8.62. The molecule has 122 valence electrons. The molecule has 0 radical (unpaired) electrons. The van der Waals surface area contributed by atoms with E-state index < -0.39 is 0 Å². The average Bonchev–Trinajstić information content (AvgIpc) is 2.92. The minimum absolute atomic E-state index is 0.205. The van der Waals surface area contributed by atoms with Crippen LogP contribution in [0.15, 0.2) is 0 Å². The van der Waals surface area contributed by atoms with Crippen LogP contribution < -0.4 is 5.73 Å². The van der Waals surface area contributed by atoms with Gasteiger partial charge in [-0.1, -0.05) is 27.2 Å². The van der Waals surface area contributed by atoms with Gasteiger partial charge in [-0.3, -0.25) is 9.69 Å². The number of hydrogen-bond acceptors (Lipinski definition) is 3. The quantitative estimate of drug-likeness (QED) is 0.862. The lowest BCUT2D eigenvalue weighted by atomic mass is 9.92. The Morgan fingerprint density at radius 3 is 2.38 bits per heavy atom. The number of nitrogens with two attached hydrogens (primary N) is 1. The van der Waals surface area contributed by atoms with Gasteiger partial charge in [0.1, 0.15) is 0 Å². The molecule has 2 rings (SSSR count). The molecule has 0 aromatic carbocycles. The molecule has 4 nitrogen and oxygen atoms in total. The van der Waals surface area contributed by atoms with Crippen molar-refractivity contribution in [3.8, 4) is 0 Å². The molecule has 1 saturated carbocycles. The van der Waals surface area contributed by atoms with Crippen LogP contribution in [-0.2, 0) is 4.79 Å². The Balaban J connectivity index is 1.77. The smallest absolute Gasteiger partial charge is 0.226 e. The third-order valence-electron chi connectivity index (χ3n) is 5.14. The number of amides is 1. The van der Waals surface area contributed by atoms with Gasteiger partial charge in [-0.05, 0) is 43.7 Å². The van der Waals surface area contributed by atoms with Crippen LogP contribution in [0.4, 0.5) is 0 Å². The van der Waals surface area contributed by atoms with Crippen LogP contribution in [0.5, 0.6) is 0 Å². The summed E-state index contributed by atoms with van der Waals surface area (Å²) in [5.41, 5.74) is 6.21. The lowest BCUT2D eigenvalue weighted by Gasteiger charge is -2.37. The van der Waals surface area contributed by atoms with Crippen LogP contribution in [0, 0.1) is 17.3 Å². The highest BCUT2D eigenvalue weighted by Gasteiger charge is 2.35. The van der Waals surface area contributed by atoms with E-state index in [1.807, 2.05) is 0 Å². The molecule has 4 heteroatoms. The van der Waals surface area contributed by atoms with Crippen molar-refractivity contribution < 1.29 is 4.79 Å². The Bertz CT molecular complexity index is 342. The lowest BCUT2D eigenvalue weighted by Crippen LogP contribution is -2.51. The lowest BCUT2D eigenvalue weighted by molar-refractivity contribution is -0.138. The second-order valence-electron chi connectivity index (χ2n) is 8.01. The Labute approximate surface area is 130 Å². The molecule has 1 heterocycles. The zero-order valence-electron chi connectivity index (χ0n) is 14.1. The van der Waals surface area contributed by atoms with E-state index in [1.54, 1.807) is 0 Å². The molecule has 1 saturated heterocycles. The van der Waals surface area contributed by atoms with Gasteiger partial charge < -0.3 is 10.6 Å². The summed E-state index contributed by atoms with van der Waals surface area (Å²) < 4.78 is 0. The normalized spacial score (nSPS) is 28.1. The highest BCUT2D eigenvalue weighted by molar-refractivity contribution is 5.79. The van der Waals surface area contributed by atoms with E-state index in [0.29, 0.717) is 23.8 Å². The van der Waals surface area contributed by atoms with Crippen molar-refractivity contribution in [3.63, 3.8) is 0 Å². The van der Waals surface area contributed by atoms with Crippen molar-refractivity contribution >= 4 is 5.91 Å². The van der Waals surface area contributed by atoms with E-state index in [1.165, 1.54) is 12.8 Å². The third-order valence-corrected chi connectivity index (χ3v) is 5.14. The average molecular weight is 295 g/mol. The summed E-state index contributed by atoms with van der Waals surface area (Å²) in [6.07, 6.45) is 4.58. The van der Waals surface area contributed by atoms with Crippen molar-refractivity contribution in [2.75, 3.05) is 39.3 Å². The summed E-state index contributed by atoms with van der Waals surface area (Å²) in [7, 11) is 0. The molecule has 1 amide bonds. The molecular formula is C17H33N3O. The molecule has 0 aromatic heterocycles. The van der Waals surface area contributed by atoms with Crippen molar-refractivity contribution in [1.29, 1.82) is 0 Å². The largest absolute Gasteiger partial charge is 0.340 e. The van der Waals surface area contributed by atoms with Gasteiger partial charge in [-0.25, -0.2) is 0 Å². The van der Waals surface area contributed by atoms with E-state index in [0.717, 1.165) is 45.6 Å². The van der Waals surface area contributed by atoms with Crippen LogP contribution in [0.3, 0.4) is 0 Å². The number of hydrogen-bond donors (Lipinski definition) is 1. The van der Waals surface area contributed by atoms with E-state index in [-0.39, 0.29) is 5.92 Å². The first kappa shape index (κ1) is 16.8. The molecule has 0 aromatic rings. The molecule has 1 aliphatic carbocycles. The maximum absolute atomic E-state index is 12.6. The van der Waals surface area contributed by atoms with Gasteiger partial charge in [0, 0.05) is 32.1 Å². The first-order chi connectivity index (χ1) is 9.90. The maximum Gasteiger partial charge on any atom is 0.226 e. The Morgan fingerprint density at radius 2 is 1.81 bits per heavy atom. The second-order valence-corrected chi connectivity index (χ2v) is 8.01. The number of piperazine rings is 1. The van der Waals surface area contributed by atoms with Crippen LogP contribution in [-0.4, -0.2) is 55.0 Å². The number of rotatable bonds is 4. The van der Waals surface area contributed by atoms with Gasteiger partial charge in [-0.15, -0.1) is 0 Å². The summed E-state index contributed by atoms with van der Waals surface area (Å²) >= 11 is 0. The fraction of sp³-hybridized carbons (Fsp3) is 0.941. The molecule has 0 bridgehead atoms. The minimum atomic E-state index is 0.205. The zero-order chi connectivity index (χ0) is 15.5. The predicted molar refractivity (Wildman–Crippen MR) is 87.0 cm³/mol. The van der Waals surface area contributed by atoms with Crippen molar-refractivity contribution in [2.45, 2.75) is 46.5 Å². The standard InChI is InChI=1S/C17H33N3O/c1-17(2,3)7-8-19-9-11-20(12-10-19)16(21)15-6-4-5-14(15)13-18/h14-15H,4-13,18H2,1-3H3/t14-,15-/m1/s1. The summed E-state index contributed by atoms with van der Waals surface area (Å²) in [4.78, 5) is 17.2. The molecule has 0 spiro atoms. The van der Waals surface area contributed by atoms with Gasteiger partial charge in [0.05, 0.1) is 0 Å². The zero-order valence-corrected chi connectivity index (χ0v) is 14.1. The molecule has 2 atom stereocenters. The minimum Gasteiger partial charge on any atom is -0.340 e. The van der Waals surface area contributed by atoms with Gasteiger partial charge in [-0.2, -0.15) is 0 Å². The predicted octanol–water partition coefficient (Wildman–Crippen LogP) is 1.94. The van der Waals surface area contributed by atoms with E-state index >= 15 is 0 Å². The van der Waals surface area contributed by atoms with Crippen molar-refractivity contribution in [2.24, 2.45) is 23.0 Å². The molecule has 1 aliphatic heterocycles. The van der Waals surface area contributed by atoms with Crippen LogP contribution in [0.2, 0.25) is 0 Å². The van der Waals surface area contributed by atoms with Crippen molar-refractivity contribution in [3.05, 3.63) is 0 Å². The highest BCUT2D eigenvalue weighted by Crippen LogP contribution is 2.32. The Kier molecular flexibility index (Phi) is 5.67. The van der Waals surface area contributed by atoms with Gasteiger partial charge in [0.15, 0.2) is 0 Å². The SMILES string of the molecule is CC(C)(C)CCN1CCN(C(=O)[C@@H]2CCC[C@@H]2CN)CC1. The molecule has 2 N–H and O–H groups in total. The molecule has 21 heavy (non-hydrogen) atoms. The number of carbonyl (C=O) groups is 1. The fourth-order valence-corrected chi connectivity index (χ4v) is 3.56. The van der Waals surface area contributed by atoms with Crippen LogP contribution >= 0.6 is 0 Å². The Morgan fingerprint density at radius 1 is 1.14 bits per heavy atom. The molecule has 0 unspecified atom stereocenters. The molecular weight excluding hydrogens is 262 g/mol. The topological polar surface area (TPSA) is 49.6 Å². The summed E-state index contributed by atoms with van der Waals surface area (Å²) in [6.45, 7) is 12.6. The third kappa shape index (κ3) is 4.68. The Hall–Kier alpha value is -0.610. The number of carbonyl (C=O) groups excluding carboxylic acids is 1. The second kappa shape index (κ2) is 7.10. The first-order valence-corrected chi connectivity index (χ1v) is 8.62. The van der Waals surface area contributed by atoms with E-state index in [9.17, 15) is 4.79 Å². The molecule has 2 fully saturated rings.